The molecule has 128 valence electrons. The molecule has 0 unspecified atom stereocenters. The van der Waals surface area contributed by atoms with Crippen LogP contribution < -0.4 is 9.47 Å². The molecule has 0 amide bonds. The van der Waals surface area contributed by atoms with Crippen molar-refractivity contribution >= 4 is 28.6 Å². The van der Waals surface area contributed by atoms with Crippen molar-refractivity contribution in [1.82, 2.24) is 0 Å². The Morgan fingerprint density at radius 2 is 1.96 bits per heavy atom. The van der Waals surface area contributed by atoms with E-state index in [0.717, 1.165) is 9.13 Å². The summed E-state index contributed by atoms with van der Waals surface area (Å²) in [5.74, 6) is 0.157. The lowest BCUT2D eigenvalue weighted by Crippen LogP contribution is -2.10. The molecule has 3 nitrogen and oxygen atoms in total. The van der Waals surface area contributed by atoms with E-state index in [0.29, 0.717) is 11.3 Å². The van der Waals surface area contributed by atoms with Gasteiger partial charge in [-0.3, -0.25) is 4.79 Å². The van der Waals surface area contributed by atoms with Crippen LogP contribution in [0.2, 0.25) is 0 Å². The molecule has 0 bridgehead atoms. The number of carbonyl (C=O) groups is 1. The smallest absolute Gasteiger partial charge is 0.310 e. The number of rotatable bonds is 6. The summed E-state index contributed by atoms with van der Waals surface area (Å²) in [6.07, 6.45) is -2.37. The fourth-order valence-corrected chi connectivity index (χ4v) is 2.72. The van der Waals surface area contributed by atoms with E-state index in [1.165, 1.54) is 12.1 Å². The van der Waals surface area contributed by atoms with E-state index < -0.39 is 6.43 Å². The zero-order chi connectivity index (χ0) is 17.7. The molecule has 24 heavy (non-hydrogen) atoms. The molecule has 2 aromatic rings. The van der Waals surface area contributed by atoms with E-state index in [1.54, 1.807) is 32.0 Å². The summed E-state index contributed by atoms with van der Waals surface area (Å²) in [7, 11) is 0. The number of halogens is 3. The third-order valence-electron chi connectivity index (χ3n) is 3.36. The second-order valence-corrected chi connectivity index (χ2v) is 6.34. The number of aryl methyl sites for hydroxylation is 1. The number of hydrogen-bond acceptors (Lipinski definition) is 3. The Kier molecular flexibility index (Phi) is 6.53. The molecule has 0 saturated carbocycles. The molecule has 0 aliphatic rings. The Bertz CT molecular complexity index is 732. The molecule has 0 fully saturated rings. The minimum Gasteiger partial charge on any atom is -0.488 e. The van der Waals surface area contributed by atoms with Crippen molar-refractivity contribution in [3.63, 3.8) is 0 Å². The lowest BCUT2D eigenvalue weighted by atomic mass is 10.1. The minimum atomic E-state index is -2.62. The van der Waals surface area contributed by atoms with Gasteiger partial charge in [-0.15, -0.1) is 0 Å². The average molecular weight is 446 g/mol. The van der Waals surface area contributed by atoms with Gasteiger partial charge < -0.3 is 9.47 Å². The highest BCUT2D eigenvalue weighted by Crippen LogP contribution is 2.32. The Morgan fingerprint density at radius 3 is 2.62 bits per heavy atom. The maximum atomic E-state index is 13.2. The van der Waals surface area contributed by atoms with E-state index in [2.05, 4.69) is 22.6 Å². The van der Waals surface area contributed by atoms with Gasteiger partial charge in [-0.25, -0.2) is 8.78 Å². The van der Waals surface area contributed by atoms with Gasteiger partial charge in [0.1, 0.15) is 18.1 Å². The third-order valence-corrected chi connectivity index (χ3v) is 4.37. The second-order valence-electron chi connectivity index (χ2n) is 5.17. The molecule has 2 rings (SSSR count). The highest BCUT2D eigenvalue weighted by Gasteiger charge is 2.17. The van der Waals surface area contributed by atoms with Crippen molar-refractivity contribution < 1.29 is 23.0 Å². The van der Waals surface area contributed by atoms with E-state index in [9.17, 15) is 13.6 Å². The molecule has 6 heteroatoms. The third kappa shape index (κ3) is 4.66. The van der Waals surface area contributed by atoms with E-state index in [-0.39, 0.29) is 30.3 Å². The highest BCUT2D eigenvalue weighted by atomic mass is 127. The number of ether oxygens (including phenoxy) is 2. The molecule has 0 spiro atoms. The summed E-state index contributed by atoms with van der Waals surface area (Å²) in [4.78, 5) is 11.5. The Balaban J connectivity index is 2.25. The predicted molar refractivity (Wildman–Crippen MR) is 95.6 cm³/mol. The average Bonchev–Trinajstić information content (AvgIpc) is 2.55. The minimum absolute atomic E-state index is 0.0359. The standard InChI is InChI=1S/C18H17F2IO3/c1-3-17(22)24-16-6-4-5-14(21)13(16)10-23-15-8-7-11(2)9-12(15)18(19)20/h4-9,18H,3,10H2,1-2H3. The van der Waals surface area contributed by atoms with Crippen LogP contribution >= 0.6 is 22.6 Å². The summed E-state index contributed by atoms with van der Waals surface area (Å²) < 4.78 is 38.0. The first kappa shape index (κ1) is 18.6. The second kappa shape index (κ2) is 8.41. The van der Waals surface area contributed by atoms with E-state index in [1.807, 2.05) is 6.07 Å². The summed E-state index contributed by atoms with van der Waals surface area (Å²) in [6, 6.07) is 9.93. The van der Waals surface area contributed by atoms with Crippen molar-refractivity contribution in [1.29, 1.82) is 0 Å². The normalized spacial score (nSPS) is 10.8. The van der Waals surface area contributed by atoms with Gasteiger partial charge in [0.05, 0.1) is 5.56 Å². The summed E-state index contributed by atoms with van der Waals surface area (Å²) in [5, 5.41) is 0. The quantitative estimate of drug-likeness (QED) is 0.337. The van der Waals surface area contributed by atoms with Crippen molar-refractivity contribution in [2.45, 2.75) is 33.3 Å². The van der Waals surface area contributed by atoms with Gasteiger partial charge in [0.15, 0.2) is 0 Å². The summed E-state index contributed by atoms with van der Waals surface area (Å²) >= 11 is 2.10. The lowest BCUT2D eigenvalue weighted by molar-refractivity contribution is -0.134. The molecule has 0 aliphatic carbocycles. The zero-order valence-electron chi connectivity index (χ0n) is 13.3. The monoisotopic (exact) mass is 446 g/mol. The Hall–Kier alpha value is -1.70. The molecule has 0 heterocycles. The molecule has 0 radical (unpaired) electrons. The fraction of sp³-hybridized carbons (Fsp3) is 0.278. The number of hydrogen-bond donors (Lipinski definition) is 0. The van der Waals surface area contributed by atoms with Gasteiger partial charge in [-0.1, -0.05) is 24.6 Å². The van der Waals surface area contributed by atoms with E-state index in [4.69, 9.17) is 9.47 Å². The largest absolute Gasteiger partial charge is 0.488 e. The van der Waals surface area contributed by atoms with Gasteiger partial charge in [0.2, 0.25) is 0 Å². The molecular formula is C18H17F2IO3. The van der Waals surface area contributed by atoms with Crippen molar-refractivity contribution in [3.8, 4) is 11.5 Å². The molecule has 0 aliphatic heterocycles. The maximum absolute atomic E-state index is 13.2. The van der Waals surface area contributed by atoms with Crippen LogP contribution in [-0.4, -0.2) is 5.97 Å². The Labute approximate surface area is 153 Å². The van der Waals surface area contributed by atoms with E-state index >= 15 is 0 Å². The molecule has 0 aromatic heterocycles. The predicted octanol–water partition coefficient (Wildman–Crippen LogP) is 5.43. The van der Waals surface area contributed by atoms with Crippen LogP contribution in [0, 0.1) is 10.5 Å². The van der Waals surface area contributed by atoms with Gasteiger partial charge in [0.25, 0.3) is 6.43 Å². The maximum Gasteiger partial charge on any atom is 0.310 e. The lowest BCUT2D eigenvalue weighted by Gasteiger charge is -2.15. The van der Waals surface area contributed by atoms with Crippen molar-refractivity contribution in [2.24, 2.45) is 0 Å². The van der Waals surface area contributed by atoms with Crippen LogP contribution in [0.4, 0.5) is 8.78 Å². The van der Waals surface area contributed by atoms with Crippen molar-refractivity contribution in [3.05, 3.63) is 56.7 Å². The van der Waals surface area contributed by atoms with Crippen LogP contribution in [0.1, 0.15) is 36.5 Å². The first-order valence-corrected chi connectivity index (χ1v) is 8.49. The number of alkyl halides is 2. The van der Waals surface area contributed by atoms with Gasteiger partial charge >= 0.3 is 5.97 Å². The van der Waals surface area contributed by atoms with Gasteiger partial charge in [-0.05, 0) is 53.8 Å². The van der Waals surface area contributed by atoms with Crippen LogP contribution in [0.25, 0.3) is 0 Å². The fourth-order valence-electron chi connectivity index (χ4n) is 2.09. The first-order valence-electron chi connectivity index (χ1n) is 7.42. The number of carbonyl (C=O) groups excluding carboxylic acids is 1. The number of esters is 1. The topological polar surface area (TPSA) is 35.5 Å². The summed E-state index contributed by atoms with van der Waals surface area (Å²) in [5.41, 5.74) is 1.25. The first-order chi connectivity index (χ1) is 11.4. The number of benzene rings is 2. The summed E-state index contributed by atoms with van der Waals surface area (Å²) in [6.45, 7) is 3.49. The van der Waals surface area contributed by atoms with Gasteiger partial charge in [-0.2, -0.15) is 0 Å². The molecule has 0 atom stereocenters. The van der Waals surface area contributed by atoms with Crippen LogP contribution in [0.3, 0.4) is 0 Å². The molecule has 0 saturated heterocycles. The Morgan fingerprint density at radius 1 is 1.21 bits per heavy atom. The van der Waals surface area contributed by atoms with Crippen LogP contribution in [0.5, 0.6) is 11.5 Å². The van der Waals surface area contributed by atoms with Crippen LogP contribution in [-0.2, 0) is 11.4 Å². The molecular weight excluding hydrogens is 429 g/mol. The SMILES string of the molecule is CCC(=O)Oc1cccc(I)c1COc1ccc(C)cc1C(F)F. The van der Waals surface area contributed by atoms with Crippen LogP contribution in [0.15, 0.2) is 36.4 Å². The highest BCUT2D eigenvalue weighted by molar-refractivity contribution is 14.1. The molecule has 2 aromatic carbocycles. The zero-order valence-corrected chi connectivity index (χ0v) is 15.5. The molecule has 0 N–H and O–H groups in total. The van der Waals surface area contributed by atoms with Gasteiger partial charge in [0, 0.05) is 15.6 Å². The van der Waals surface area contributed by atoms with Crippen molar-refractivity contribution in [2.75, 3.05) is 0 Å².